The van der Waals surface area contributed by atoms with Gasteiger partial charge in [0.25, 0.3) is 0 Å². The van der Waals surface area contributed by atoms with Crippen molar-refractivity contribution in [1.29, 1.82) is 0 Å². The van der Waals surface area contributed by atoms with Crippen LogP contribution in [0.1, 0.15) is 82.3 Å². The van der Waals surface area contributed by atoms with E-state index in [-0.39, 0.29) is 0 Å². The van der Waals surface area contributed by atoms with Gasteiger partial charge in [0.2, 0.25) is 0 Å². The average molecular weight is 518 g/mol. The zero-order valence-corrected chi connectivity index (χ0v) is 23.5. The lowest BCUT2D eigenvalue weighted by molar-refractivity contribution is 0.000917. The molecule has 1 saturated heterocycles. The van der Waals surface area contributed by atoms with Crippen LogP contribution in [0, 0.1) is 29.1 Å². The smallest absolute Gasteiger partial charge is 0.119 e. The van der Waals surface area contributed by atoms with E-state index in [1.165, 1.54) is 69.2 Å². The third-order valence-electron chi connectivity index (χ3n) is 10.9. The Bertz CT molecular complexity index is 1080. The van der Waals surface area contributed by atoms with Crippen LogP contribution in [-0.4, -0.2) is 42.9 Å². The van der Waals surface area contributed by atoms with Crippen LogP contribution >= 0.6 is 0 Å². The monoisotopic (exact) mass is 517 g/mol. The molecule has 3 fully saturated rings. The Morgan fingerprint density at radius 2 is 1.66 bits per heavy atom. The molecule has 4 nitrogen and oxygen atoms in total. The summed E-state index contributed by atoms with van der Waals surface area (Å²) >= 11 is 0. The zero-order chi connectivity index (χ0) is 26.1. The van der Waals surface area contributed by atoms with Gasteiger partial charge < -0.3 is 14.6 Å². The Morgan fingerprint density at radius 3 is 2.42 bits per heavy atom. The molecular weight excluding hydrogens is 470 g/mol. The van der Waals surface area contributed by atoms with Crippen LogP contribution in [-0.2, 0) is 6.42 Å². The molecule has 6 rings (SSSR count). The van der Waals surface area contributed by atoms with Crippen molar-refractivity contribution in [2.75, 3.05) is 32.8 Å². The van der Waals surface area contributed by atoms with E-state index in [0.29, 0.717) is 23.0 Å². The highest BCUT2D eigenvalue weighted by molar-refractivity contribution is 5.40. The molecule has 2 saturated carbocycles. The first-order valence-corrected chi connectivity index (χ1v) is 15.4. The predicted molar refractivity (Wildman–Crippen MR) is 153 cm³/mol. The lowest BCUT2D eigenvalue weighted by atomic mass is 9.51. The zero-order valence-electron chi connectivity index (χ0n) is 23.5. The Morgan fingerprint density at radius 1 is 0.921 bits per heavy atom. The summed E-state index contributed by atoms with van der Waals surface area (Å²) in [6, 6.07) is 14.4. The maximum atomic E-state index is 10.0. The summed E-state index contributed by atoms with van der Waals surface area (Å²) in [5.41, 5.74) is 3.35. The van der Waals surface area contributed by atoms with Gasteiger partial charge in [0, 0.05) is 6.54 Å². The molecule has 38 heavy (non-hydrogen) atoms. The van der Waals surface area contributed by atoms with Gasteiger partial charge in [0.05, 0.1) is 6.61 Å². The van der Waals surface area contributed by atoms with Gasteiger partial charge in [-0.25, -0.2) is 0 Å². The fourth-order valence-corrected chi connectivity index (χ4v) is 8.97. The Balaban J connectivity index is 1.00. The fourth-order valence-electron chi connectivity index (χ4n) is 8.97. The summed E-state index contributed by atoms with van der Waals surface area (Å²) in [4.78, 5) is 2.51. The van der Waals surface area contributed by atoms with Crippen LogP contribution in [0.2, 0.25) is 0 Å². The van der Waals surface area contributed by atoms with Gasteiger partial charge in [-0.3, -0.25) is 4.90 Å². The van der Waals surface area contributed by atoms with Gasteiger partial charge in [0.15, 0.2) is 0 Å². The van der Waals surface area contributed by atoms with Crippen LogP contribution in [0.25, 0.3) is 0 Å². The summed E-state index contributed by atoms with van der Waals surface area (Å²) in [7, 11) is 0. The Labute approximate surface area is 229 Å². The normalized spacial score (nSPS) is 32.7. The average Bonchev–Trinajstić information content (AvgIpc) is 3.26. The van der Waals surface area contributed by atoms with Crippen molar-refractivity contribution < 1.29 is 14.6 Å². The Kier molecular flexibility index (Phi) is 7.62. The number of fused-ring (bicyclic) bond motifs is 5. The molecule has 4 heteroatoms. The van der Waals surface area contributed by atoms with E-state index in [1.807, 2.05) is 12.1 Å². The second kappa shape index (κ2) is 11.1. The highest BCUT2D eigenvalue weighted by Gasteiger charge is 2.55. The molecule has 0 unspecified atom stereocenters. The van der Waals surface area contributed by atoms with E-state index in [9.17, 15) is 5.11 Å². The molecule has 1 aliphatic heterocycles. The third kappa shape index (κ3) is 5.18. The van der Waals surface area contributed by atoms with Crippen molar-refractivity contribution in [2.24, 2.45) is 29.1 Å². The highest BCUT2D eigenvalue weighted by Crippen LogP contribution is 2.64. The van der Waals surface area contributed by atoms with Crippen molar-refractivity contribution in [3.63, 3.8) is 0 Å². The van der Waals surface area contributed by atoms with E-state index in [2.05, 4.69) is 49.1 Å². The molecule has 3 aliphatic carbocycles. The summed E-state index contributed by atoms with van der Waals surface area (Å²) in [5.74, 6) is 6.01. The minimum absolute atomic E-state index is 0.422. The molecule has 0 aromatic heterocycles. The topological polar surface area (TPSA) is 41.9 Å². The number of phenols is 1. The second-order valence-electron chi connectivity index (χ2n) is 13.0. The van der Waals surface area contributed by atoms with E-state index >= 15 is 0 Å². The number of nitrogens with zero attached hydrogens (tertiary/aromatic N) is 1. The minimum atomic E-state index is 0.422. The summed E-state index contributed by atoms with van der Waals surface area (Å²) in [6.07, 6.45) is 11.6. The first-order valence-electron chi connectivity index (χ1n) is 15.4. The fraction of sp³-hybridized carbons (Fsp3) is 0.647. The Hall–Kier alpha value is -2.20. The van der Waals surface area contributed by atoms with Crippen LogP contribution in [0.5, 0.6) is 17.2 Å². The maximum Gasteiger partial charge on any atom is 0.119 e. The summed E-state index contributed by atoms with van der Waals surface area (Å²) in [5, 5.41) is 10.0. The molecule has 1 N–H and O–H groups in total. The third-order valence-corrected chi connectivity index (χ3v) is 10.9. The van der Waals surface area contributed by atoms with Gasteiger partial charge in [-0.05, 0) is 147 Å². The van der Waals surface area contributed by atoms with Crippen LogP contribution in [0.4, 0.5) is 0 Å². The van der Waals surface area contributed by atoms with Crippen LogP contribution in [0.3, 0.4) is 0 Å². The standard InChI is InChI=1S/C34H47NO3/c1-24-22-25-23-27(36)7-12-30(25)31-14-16-34(2)26(6-13-32(34)33(24)31)15-20-37-28-8-10-29(11-9-28)38-21-19-35-17-4-3-5-18-35/h7-12,23-24,26,31-33,36H,3-6,13-22H2,1-2H3/t24-,26-,31-,32+,33-,34-/m1/s1. The number of phenolic OH excluding ortho intramolecular Hbond substituents is 1. The van der Waals surface area contributed by atoms with Crippen molar-refractivity contribution in [1.82, 2.24) is 4.90 Å². The first-order chi connectivity index (χ1) is 18.5. The van der Waals surface area contributed by atoms with Crippen molar-refractivity contribution in [3.8, 4) is 17.2 Å². The van der Waals surface area contributed by atoms with Gasteiger partial charge >= 0.3 is 0 Å². The lowest BCUT2D eigenvalue weighted by Gasteiger charge is -2.53. The molecule has 4 aliphatic rings. The number of benzene rings is 2. The second-order valence-corrected chi connectivity index (χ2v) is 13.0. The van der Waals surface area contributed by atoms with Crippen LogP contribution in [0.15, 0.2) is 42.5 Å². The number of aromatic hydroxyl groups is 1. The highest BCUT2D eigenvalue weighted by atomic mass is 16.5. The molecule has 206 valence electrons. The van der Waals surface area contributed by atoms with Crippen molar-refractivity contribution >= 4 is 0 Å². The van der Waals surface area contributed by atoms with Gasteiger partial charge in [-0.15, -0.1) is 0 Å². The van der Waals surface area contributed by atoms with E-state index in [4.69, 9.17) is 9.47 Å². The number of ether oxygens (including phenoxy) is 2. The first kappa shape index (κ1) is 26.0. The van der Waals surface area contributed by atoms with Gasteiger partial charge in [-0.1, -0.05) is 26.3 Å². The molecule has 6 atom stereocenters. The number of hydrogen-bond donors (Lipinski definition) is 1. The molecule has 2 aromatic rings. The molecule has 0 amide bonds. The number of hydrogen-bond acceptors (Lipinski definition) is 4. The SMILES string of the molecule is C[C@@H]1Cc2cc(O)ccc2[C@H]2CC[C@]3(C)[C@@H](CCOc4ccc(OCCN5CCCCC5)cc4)CC[C@H]3[C@H]12. The molecule has 2 aromatic carbocycles. The van der Waals surface area contributed by atoms with Gasteiger partial charge in [-0.2, -0.15) is 0 Å². The number of likely N-dealkylation sites (tertiary alicyclic amines) is 1. The van der Waals surface area contributed by atoms with E-state index in [1.54, 1.807) is 0 Å². The number of piperidine rings is 1. The predicted octanol–water partition coefficient (Wildman–Crippen LogP) is 7.44. The van der Waals surface area contributed by atoms with E-state index in [0.717, 1.165) is 61.9 Å². The molecule has 0 spiro atoms. The van der Waals surface area contributed by atoms with Crippen molar-refractivity contribution in [3.05, 3.63) is 53.6 Å². The van der Waals surface area contributed by atoms with Crippen molar-refractivity contribution in [2.45, 2.75) is 77.6 Å². The molecule has 0 bridgehead atoms. The lowest BCUT2D eigenvalue weighted by Crippen LogP contribution is -2.45. The largest absolute Gasteiger partial charge is 0.508 e. The minimum Gasteiger partial charge on any atom is -0.508 e. The molecule has 1 heterocycles. The van der Waals surface area contributed by atoms with Crippen LogP contribution < -0.4 is 9.47 Å². The summed E-state index contributed by atoms with van der Waals surface area (Å²) < 4.78 is 12.2. The van der Waals surface area contributed by atoms with Gasteiger partial charge in [0.1, 0.15) is 23.9 Å². The maximum absolute atomic E-state index is 10.0. The number of rotatable bonds is 8. The van der Waals surface area contributed by atoms with E-state index < -0.39 is 0 Å². The quantitative estimate of drug-likeness (QED) is 0.395. The summed E-state index contributed by atoms with van der Waals surface area (Å²) in [6.45, 7) is 10.1. The molecular formula is C34H47NO3. The molecule has 0 radical (unpaired) electrons.